The van der Waals surface area contributed by atoms with E-state index in [-0.39, 0.29) is 0 Å². The minimum Gasteiger partial charge on any atom is -0.369 e. The largest absolute Gasteiger partial charge is 0.369 e. The third kappa shape index (κ3) is 2.48. The average Bonchev–Trinajstić information content (AvgIpc) is 2.26. The van der Waals surface area contributed by atoms with Crippen LogP contribution in [0.4, 0.5) is 5.69 Å². The molecule has 0 fully saturated rings. The monoisotopic (exact) mass is 203 g/mol. The summed E-state index contributed by atoms with van der Waals surface area (Å²) in [7, 11) is 0. The minimum atomic E-state index is 0.604. The molecule has 1 aromatic rings. The quantitative estimate of drug-likeness (QED) is 0.809. The second-order valence-corrected chi connectivity index (χ2v) is 3.45. The molecular weight excluding hydrogens is 186 g/mol. The van der Waals surface area contributed by atoms with Gasteiger partial charge in [-0.05, 0) is 25.5 Å². The van der Waals surface area contributed by atoms with Crippen LogP contribution in [0.2, 0.25) is 0 Å². The van der Waals surface area contributed by atoms with Gasteiger partial charge in [0.15, 0.2) is 0 Å². The van der Waals surface area contributed by atoms with E-state index in [1.165, 1.54) is 0 Å². The molecule has 15 heavy (non-hydrogen) atoms. The zero-order valence-corrected chi connectivity index (χ0v) is 9.33. The zero-order valence-electron chi connectivity index (χ0n) is 9.33. The van der Waals surface area contributed by atoms with E-state index in [9.17, 15) is 0 Å². The molecule has 1 rings (SSSR count). The third-order valence-electron chi connectivity index (χ3n) is 2.46. The van der Waals surface area contributed by atoms with Crippen LogP contribution in [0, 0.1) is 18.3 Å². The molecule has 0 aliphatic rings. The molecule has 0 saturated heterocycles. The summed E-state index contributed by atoms with van der Waals surface area (Å²) >= 11 is 0. The van der Waals surface area contributed by atoms with Gasteiger partial charge in [0.1, 0.15) is 6.07 Å². The molecule has 3 nitrogen and oxygen atoms in total. The van der Waals surface area contributed by atoms with Gasteiger partial charge in [-0.1, -0.05) is 12.1 Å². The van der Waals surface area contributed by atoms with Crippen LogP contribution < -0.4 is 10.6 Å². The molecule has 0 unspecified atom stereocenters. The molecule has 2 N–H and O–H groups in total. The van der Waals surface area contributed by atoms with E-state index in [0.29, 0.717) is 6.54 Å². The van der Waals surface area contributed by atoms with Crippen molar-refractivity contribution in [3.63, 3.8) is 0 Å². The fourth-order valence-electron chi connectivity index (χ4n) is 1.75. The van der Waals surface area contributed by atoms with Crippen LogP contribution in [0.3, 0.4) is 0 Å². The highest BCUT2D eigenvalue weighted by atomic mass is 15.1. The highest BCUT2D eigenvalue weighted by Crippen LogP contribution is 2.23. The maximum Gasteiger partial charge on any atom is 0.101 e. The van der Waals surface area contributed by atoms with Crippen LogP contribution in [0.5, 0.6) is 0 Å². The van der Waals surface area contributed by atoms with E-state index in [0.717, 1.165) is 29.9 Å². The fourth-order valence-corrected chi connectivity index (χ4v) is 1.75. The van der Waals surface area contributed by atoms with Crippen LogP contribution >= 0.6 is 0 Å². The number of hydrogen-bond donors (Lipinski definition) is 1. The molecule has 0 amide bonds. The third-order valence-corrected chi connectivity index (χ3v) is 2.46. The van der Waals surface area contributed by atoms with Crippen molar-refractivity contribution in [3.8, 4) is 6.07 Å². The standard InChI is InChI=1S/C12H17N3/c1-3-15(8-7-13)12-10(2)5-4-6-11(12)9-14/h4-6H,3,7-8,13H2,1-2H3. The first kappa shape index (κ1) is 11.5. The first-order valence-electron chi connectivity index (χ1n) is 5.19. The number of rotatable bonds is 4. The summed E-state index contributed by atoms with van der Waals surface area (Å²) < 4.78 is 0. The normalized spacial score (nSPS) is 9.73. The van der Waals surface area contributed by atoms with E-state index in [4.69, 9.17) is 11.0 Å². The Morgan fingerprint density at radius 1 is 1.47 bits per heavy atom. The van der Waals surface area contributed by atoms with Gasteiger partial charge in [0, 0.05) is 19.6 Å². The highest BCUT2D eigenvalue weighted by molar-refractivity contribution is 5.63. The lowest BCUT2D eigenvalue weighted by molar-refractivity contribution is 0.812. The van der Waals surface area contributed by atoms with Gasteiger partial charge in [0.2, 0.25) is 0 Å². The van der Waals surface area contributed by atoms with Crippen molar-refractivity contribution in [2.24, 2.45) is 5.73 Å². The molecule has 0 radical (unpaired) electrons. The zero-order chi connectivity index (χ0) is 11.3. The van der Waals surface area contributed by atoms with E-state index in [1.807, 2.05) is 25.1 Å². The Morgan fingerprint density at radius 2 is 2.20 bits per heavy atom. The van der Waals surface area contributed by atoms with Crippen LogP contribution in [-0.4, -0.2) is 19.6 Å². The van der Waals surface area contributed by atoms with Gasteiger partial charge < -0.3 is 10.6 Å². The fraction of sp³-hybridized carbons (Fsp3) is 0.417. The average molecular weight is 203 g/mol. The van der Waals surface area contributed by atoms with Gasteiger partial charge in [-0.15, -0.1) is 0 Å². The first-order valence-corrected chi connectivity index (χ1v) is 5.19. The summed E-state index contributed by atoms with van der Waals surface area (Å²) in [5.74, 6) is 0. The molecule has 0 aliphatic carbocycles. The molecule has 80 valence electrons. The molecule has 0 spiro atoms. The summed E-state index contributed by atoms with van der Waals surface area (Å²) in [5, 5.41) is 9.05. The summed E-state index contributed by atoms with van der Waals surface area (Å²) in [4.78, 5) is 2.15. The summed E-state index contributed by atoms with van der Waals surface area (Å²) in [5.41, 5.74) is 8.44. The van der Waals surface area contributed by atoms with Crippen molar-refractivity contribution in [1.82, 2.24) is 0 Å². The Kier molecular flexibility index (Phi) is 4.14. The second kappa shape index (κ2) is 5.38. The summed E-state index contributed by atoms with van der Waals surface area (Å²) in [6.45, 7) is 6.36. The van der Waals surface area contributed by atoms with Crippen molar-refractivity contribution in [2.45, 2.75) is 13.8 Å². The maximum atomic E-state index is 9.05. The number of benzene rings is 1. The number of aryl methyl sites for hydroxylation is 1. The van der Waals surface area contributed by atoms with Crippen molar-refractivity contribution < 1.29 is 0 Å². The second-order valence-electron chi connectivity index (χ2n) is 3.45. The molecular formula is C12H17N3. The number of para-hydroxylation sites is 1. The lowest BCUT2D eigenvalue weighted by atomic mass is 10.1. The topological polar surface area (TPSA) is 53.0 Å². The number of nitrogens with zero attached hydrogens (tertiary/aromatic N) is 2. The molecule has 0 heterocycles. The maximum absolute atomic E-state index is 9.05. The Labute approximate surface area is 91.1 Å². The van der Waals surface area contributed by atoms with Gasteiger partial charge in [-0.2, -0.15) is 5.26 Å². The SMILES string of the molecule is CCN(CCN)c1c(C)cccc1C#N. The number of anilines is 1. The predicted octanol–water partition coefficient (Wildman–Crippen LogP) is 1.65. The Morgan fingerprint density at radius 3 is 2.73 bits per heavy atom. The molecule has 0 aromatic heterocycles. The van der Waals surface area contributed by atoms with E-state index >= 15 is 0 Å². The van der Waals surface area contributed by atoms with Gasteiger partial charge in [-0.3, -0.25) is 0 Å². The van der Waals surface area contributed by atoms with E-state index < -0.39 is 0 Å². The predicted molar refractivity (Wildman–Crippen MR) is 62.8 cm³/mol. The number of nitrogens with two attached hydrogens (primary N) is 1. The summed E-state index contributed by atoms with van der Waals surface area (Å²) in [6.07, 6.45) is 0. The van der Waals surface area contributed by atoms with Crippen molar-refractivity contribution in [3.05, 3.63) is 29.3 Å². The molecule has 0 atom stereocenters. The van der Waals surface area contributed by atoms with Crippen LogP contribution in [0.1, 0.15) is 18.1 Å². The van der Waals surface area contributed by atoms with Gasteiger partial charge >= 0.3 is 0 Å². The van der Waals surface area contributed by atoms with Gasteiger partial charge in [0.05, 0.1) is 11.3 Å². The first-order chi connectivity index (χ1) is 7.24. The molecule has 3 heteroatoms. The summed E-state index contributed by atoms with van der Waals surface area (Å²) in [6, 6.07) is 8.01. The van der Waals surface area contributed by atoms with Crippen LogP contribution in [0.15, 0.2) is 18.2 Å². The van der Waals surface area contributed by atoms with Crippen molar-refractivity contribution in [2.75, 3.05) is 24.5 Å². The molecule has 0 bridgehead atoms. The van der Waals surface area contributed by atoms with Crippen LogP contribution in [0.25, 0.3) is 0 Å². The van der Waals surface area contributed by atoms with Crippen molar-refractivity contribution in [1.29, 1.82) is 5.26 Å². The molecule has 0 saturated carbocycles. The number of nitriles is 1. The van der Waals surface area contributed by atoms with Gasteiger partial charge in [0.25, 0.3) is 0 Å². The van der Waals surface area contributed by atoms with Gasteiger partial charge in [-0.25, -0.2) is 0 Å². The Hall–Kier alpha value is -1.53. The number of hydrogen-bond acceptors (Lipinski definition) is 3. The smallest absolute Gasteiger partial charge is 0.101 e. The molecule has 0 aliphatic heterocycles. The van der Waals surface area contributed by atoms with E-state index in [2.05, 4.69) is 17.9 Å². The van der Waals surface area contributed by atoms with E-state index in [1.54, 1.807) is 0 Å². The molecule has 1 aromatic carbocycles. The number of likely N-dealkylation sites (N-methyl/N-ethyl adjacent to an activating group) is 1. The van der Waals surface area contributed by atoms with Crippen LogP contribution in [-0.2, 0) is 0 Å². The lowest BCUT2D eigenvalue weighted by Crippen LogP contribution is -2.30. The lowest BCUT2D eigenvalue weighted by Gasteiger charge is -2.25. The van der Waals surface area contributed by atoms with Crippen molar-refractivity contribution >= 4 is 5.69 Å². The Bertz CT molecular complexity index is 366. The Balaban J connectivity index is 3.15. The minimum absolute atomic E-state index is 0.604. The highest BCUT2D eigenvalue weighted by Gasteiger charge is 2.11.